The number of aromatic nitrogens is 1. The van der Waals surface area contributed by atoms with Crippen LogP contribution in [0.4, 0.5) is 10.1 Å². The monoisotopic (exact) mass is 474 g/mol. The van der Waals surface area contributed by atoms with Crippen LogP contribution in [0.3, 0.4) is 0 Å². The molecule has 2 fully saturated rings. The molecule has 2 aliphatic rings. The van der Waals surface area contributed by atoms with E-state index in [0.29, 0.717) is 63.5 Å². The van der Waals surface area contributed by atoms with E-state index < -0.39 is 10.0 Å². The number of hydrogen-bond donors (Lipinski definition) is 0. The lowest BCUT2D eigenvalue weighted by molar-refractivity contribution is 0.0297. The van der Waals surface area contributed by atoms with Crippen molar-refractivity contribution in [1.29, 1.82) is 0 Å². The van der Waals surface area contributed by atoms with Crippen molar-refractivity contribution in [3.63, 3.8) is 0 Å². The van der Waals surface area contributed by atoms with Crippen molar-refractivity contribution in [2.45, 2.75) is 4.90 Å². The number of carbonyl (C=O) groups is 1. The molecule has 3 aromatic rings. The van der Waals surface area contributed by atoms with E-state index in [1.54, 1.807) is 17.0 Å². The Morgan fingerprint density at radius 3 is 2.33 bits per heavy atom. The molecule has 0 atom stereocenters. The summed E-state index contributed by atoms with van der Waals surface area (Å²) in [7, 11) is -3.78. The number of morpholine rings is 1. The molecule has 2 saturated heterocycles. The van der Waals surface area contributed by atoms with E-state index in [2.05, 4.69) is 5.16 Å². The summed E-state index contributed by atoms with van der Waals surface area (Å²) in [5.41, 5.74) is 1.31. The maximum atomic E-state index is 13.3. The lowest BCUT2D eigenvalue weighted by atomic mass is 10.2. The average Bonchev–Trinajstić information content (AvgIpc) is 3.28. The van der Waals surface area contributed by atoms with Crippen LogP contribution in [0.25, 0.3) is 11.0 Å². The Hall–Kier alpha value is -3.02. The van der Waals surface area contributed by atoms with Gasteiger partial charge in [-0.05, 0) is 42.5 Å². The predicted molar refractivity (Wildman–Crippen MR) is 118 cm³/mol. The Bertz CT molecular complexity index is 1260. The third-order valence-electron chi connectivity index (χ3n) is 6.01. The quantitative estimate of drug-likeness (QED) is 0.570. The van der Waals surface area contributed by atoms with E-state index in [0.717, 1.165) is 5.69 Å². The Labute approximate surface area is 190 Å². The second kappa shape index (κ2) is 8.73. The van der Waals surface area contributed by atoms with Crippen LogP contribution in [-0.4, -0.2) is 81.2 Å². The van der Waals surface area contributed by atoms with Crippen molar-refractivity contribution in [1.82, 2.24) is 14.4 Å². The van der Waals surface area contributed by atoms with Gasteiger partial charge in [0.15, 0.2) is 11.3 Å². The Morgan fingerprint density at radius 1 is 0.939 bits per heavy atom. The number of amides is 1. The number of benzene rings is 2. The number of carbonyl (C=O) groups excluding carboxylic acids is 1. The zero-order chi connectivity index (χ0) is 23.0. The minimum absolute atomic E-state index is 0.0875. The van der Waals surface area contributed by atoms with Gasteiger partial charge in [0, 0.05) is 45.0 Å². The van der Waals surface area contributed by atoms with E-state index in [9.17, 15) is 17.6 Å². The molecule has 1 aromatic heterocycles. The molecule has 0 spiro atoms. The highest BCUT2D eigenvalue weighted by atomic mass is 32.2. The number of fused-ring (bicyclic) bond motifs is 1. The van der Waals surface area contributed by atoms with Crippen LogP contribution in [-0.2, 0) is 14.8 Å². The molecule has 33 heavy (non-hydrogen) atoms. The highest BCUT2D eigenvalue weighted by molar-refractivity contribution is 7.89. The van der Waals surface area contributed by atoms with E-state index in [4.69, 9.17) is 9.26 Å². The molecule has 11 heteroatoms. The summed E-state index contributed by atoms with van der Waals surface area (Å²) in [6.45, 7) is 3.35. The SMILES string of the molecule is O=C(c1noc2ccc(S(=O)(=O)N3CCN(c4ccc(F)cc4)CC3)cc12)N1CCOCC1. The van der Waals surface area contributed by atoms with E-state index in [1.807, 2.05) is 4.90 Å². The van der Waals surface area contributed by atoms with Crippen LogP contribution >= 0.6 is 0 Å². The molecule has 3 heterocycles. The molecule has 2 aliphatic heterocycles. The fourth-order valence-electron chi connectivity index (χ4n) is 4.14. The maximum absolute atomic E-state index is 13.3. The summed E-state index contributed by atoms with van der Waals surface area (Å²) in [6, 6.07) is 10.6. The second-order valence-electron chi connectivity index (χ2n) is 7.96. The largest absolute Gasteiger partial charge is 0.378 e. The Kier molecular flexibility index (Phi) is 5.77. The summed E-state index contributed by atoms with van der Waals surface area (Å²) in [5, 5.41) is 4.28. The summed E-state index contributed by atoms with van der Waals surface area (Å²) in [6.07, 6.45) is 0. The minimum atomic E-state index is -3.78. The number of piperazine rings is 1. The molecule has 2 aromatic carbocycles. The minimum Gasteiger partial charge on any atom is -0.378 e. The van der Waals surface area contributed by atoms with Gasteiger partial charge in [-0.2, -0.15) is 4.31 Å². The normalized spacial score (nSPS) is 18.1. The number of nitrogens with zero attached hydrogens (tertiary/aromatic N) is 4. The zero-order valence-electron chi connectivity index (χ0n) is 17.8. The Balaban J connectivity index is 1.36. The standard InChI is InChI=1S/C22H23FN4O5S/c23-16-1-3-17(4-2-16)25-7-9-27(10-8-25)33(29,30)18-5-6-20-19(15-18)21(24-32-20)22(28)26-11-13-31-14-12-26/h1-6,15H,7-14H2. The summed E-state index contributed by atoms with van der Waals surface area (Å²) >= 11 is 0. The van der Waals surface area contributed by atoms with Crippen LogP contribution in [0, 0.1) is 5.82 Å². The molecule has 0 unspecified atom stereocenters. The van der Waals surface area contributed by atoms with Crippen LogP contribution in [0.5, 0.6) is 0 Å². The van der Waals surface area contributed by atoms with Crippen LogP contribution in [0.15, 0.2) is 51.9 Å². The lowest BCUT2D eigenvalue weighted by Gasteiger charge is -2.35. The van der Waals surface area contributed by atoms with Gasteiger partial charge in [0.25, 0.3) is 5.91 Å². The number of anilines is 1. The topological polar surface area (TPSA) is 96.2 Å². The first-order valence-corrected chi connectivity index (χ1v) is 12.1. The molecule has 1 amide bonds. The molecule has 0 aliphatic carbocycles. The molecule has 174 valence electrons. The van der Waals surface area contributed by atoms with Gasteiger partial charge in [-0.3, -0.25) is 4.79 Å². The van der Waals surface area contributed by atoms with Gasteiger partial charge < -0.3 is 19.1 Å². The predicted octanol–water partition coefficient (Wildman–Crippen LogP) is 1.95. The van der Waals surface area contributed by atoms with Crippen molar-refractivity contribution in [2.75, 3.05) is 57.4 Å². The number of ether oxygens (including phenoxy) is 1. The molecule has 0 N–H and O–H groups in total. The van der Waals surface area contributed by atoms with Gasteiger partial charge in [-0.1, -0.05) is 5.16 Å². The lowest BCUT2D eigenvalue weighted by Crippen LogP contribution is -2.48. The van der Waals surface area contributed by atoms with Crippen molar-refractivity contribution in [3.05, 3.63) is 54.0 Å². The molecular formula is C22H23FN4O5S. The fraction of sp³-hybridized carbons (Fsp3) is 0.364. The van der Waals surface area contributed by atoms with Gasteiger partial charge in [-0.15, -0.1) is 0 Å². The van der Waals surface area contributed by atoms with Gasteiger partial charge in [0.05, 0.1) is 23.5 Å². The average molecular weight is 475 g/mol. The molecular weight excluding hydrogens is 451 g/mol. The van der Waals surface area contributed by atoms with Crippen molar-refractivity contribution >= 4 is 32.6 Å². The Morgan fingerprint density at radius 2 is 1.64 bits per heavy atom. The molecule has 5 rings (SSSR count). The highest BCUT2D eigenvalue weighted by Gasteiger charge is 2.30. The van der Waals surface area contributed by atoms with Gasteiger partial charge in [0.1, 0.15) is 5.82 Å². The van der Waals surface area contributed by atoms with Crippen LogP contribution in [0.1, 0.15) is 10.5 Å². The van der Waals surface area contributed by atoms with Crippen LogP contribution in [0.2, 0.25) is 0 Å². The van der Waals surface area contributed by atoms with Crippen LogP contribution < -0.4 is 4.90 Å². The van der Waals surface area contributed by atoms with Crippen molar-refractivity contribution in [3.8, 4) is 0 Å². The highest BCUT2D eigenvalue weighted by Crippen LogP contribution is 2.27. The van der Waals surface area contributed by atoms with Crippen molar-refractivity contribution < 1.29 is 26.9 Å². The molecule has 9 nitrogen and oxygen atoms in total. The van der Waals surface area contributed by atoms with Gasteiger partial charge >= 0.3 is 0 Å². The van der Waals surface area contributed by atoms with E-state index >= 15 is 0 Å². The van der Waals surface area contributed by atoms with E-state index in [1.165, 1.54) is 34.6 Å². The fourth-order valence-corrected chi connectivity index (χ4v) is 5.59. The van der Waals surface area contributed by atoms with Gasteiger partial charge in [0.2, 0.25) is 10.0 Å². The first-order valence-electron chi connectivity index (χ1n) is 10.7. The number of rotatable bonds is 4. The summed E-state index contributed by atoms with van der Waals surface area (Å²) < 4.78 is 51.8. The number of hydrogen-bond acceptors (Lipinski definition) is 7. The molecule has 0 saturated carbocycles. The number of sulfonamides is 1. The first kappa shape index (κ1) is 21.8. The summed E-state index contributed by atoms with van der Waals surface area (Å²) in [4.78, 5) is 16.6. The number of halogens is 1. The first-order chi connectivity index (χ1) is 15.9. The third kappa shape index (κ3) is 4.19. The van der Waals surface area contributed by atoms with Gasteiger partial charge in [-0.25, -0.2) is 12.8 Å². The van der Waals surface area contributed by atoms with Crippen molar-refractivity contribution in [2.24, 2.45) is 0 Å². The zero-order valence-corrected chi connectivity index (χ0v) is 18.6. The second-order valence-corrected chi connectivity index (χ2v) is 9.90. The third-order valence-corrected chi connectivity index (χ3v) is 7.91. The molecule has 0 bridgehead atoms. The summed E-state index contributed by atoms with van der Waals surface area (Å²) in [5.74, 6) is -0.616. The smallest absolute Gasteiger partial charge is 0.276 e. The molecule has 0 radical (unpaired) electrons. The van der Waals surface area contributed by atoms with E-state index in [-0.39, 0.29) is 22.3 Å². The maximum Gasteiger partial charge on any atom is 0.276 e.